The van der Waals surface area contributed by atoms with E-state index in [1.165, 1.54) is 7.11 Å². The Morgan fingerprint density at radius 3 is 2.79 bits per heavy atom. The summed E-state index contributed by atoms with van der Waals surface area (Å²) in [5.74, 6) is -0.325. The third-order valence-electron chi connectivity index (χ3n) is 1.76. The van der Waals surface area contributed by atoms with Crippen molar-refractivity contribution in [3.63, 3.8) is 0 Å². The highest BCUT2D eigenvalue weighted by molar-refractivity contribution is 9.10. The lowest BCUT2D eigenvalue weighted by molar-refractivity contribution is 0.0600. The van der Waals surface area contributed by atoms with E-state index in [1.807, 2.05) is 13.0 Å². The average molecular weight is 258 g/mol. The van der Waals surface area contributed by atoms with Crippen LogP contribution in [0.25, 0.3) is 0 Å². The largest absolute Gasteiger partial charge is 0.465 e. The first kappa shape index (κ1) is 11.0. The maximum absolute atomic E-state index is 11.2. The van der Waals surface area contributed by atoms with Gasteiger partial charge in [0.05, 0.1) is 12.7 Å². The summed E-state index contributed by atoms with van der Waals surface area (Å²) in [5.41, 5.74) is 1.51. The minimum absolute atomic E-state index is 0.325. The van der Waals surface area contributed by atoms with Crippen LogP contribution in [0, 0.1) is 0 Å². The SMILES string of the molecule is CCNc1ccc(C(=O)OC)cc1Br. The monoisotopic (exact) mass is 257 g/mol. The number of hydrogen-bond donors (Lipinski definition) is 1. The normalized spacial score (nSPS) is 9.64. The summed E-state index contributed by atoms with van der Waals surface area (Å²) < 4.78 is 5.47. The molecule has 1 aromatic carbocycles. The van der Waals surface area contributed by atoms with E-state index in [-0.39, 0.29) is 5.97 Å². The zero-order valence-electron chi connectivity index (χ0n) is 8.13. The van der Waals surface area contributed by atoms with Crippen LogP contribution in [0.15, 0.2) is 22.7 Å². The lowest BCUT2D eigenvalue weighted by atomic mass is 10.2. The quantitative estimate of drug-likeness (QED) is 0.847. The lowest BCUT2D eigenvalue weighted by Gasteiger charge is -2.07. The maximum atomic E-state index is 11.2. The van der Waals surface area contributed by atoms with Gasteiger partial charge in [0.1, 0.15) is 0 Å². The Hall–Kier alpha value is -1.03. The Morgan fingerprint density at radius 2 is 2.29 bits per heavy atom. The molecule has 1 aromatic rings. The van der Waals surface area contributed by atoms with Crippen molar-refractivity contribution in [1.29, 1.82) is 0 Å². The summed E-state index contributed by atoms with van der Waals surface area (Å²) in [6, 6.07) is 5.32. The fourth-order valence-electron chi connectivity index (χ4n) is 1.09. The molecule has 0 saturated carbocycles. The minimum atomic E-state index is -0.325. The van der Waals surface area contributed by atoms with E-state index in [2.05, 4.69) is 26.0 Å². The molecule has 0 aliphatic rings. The van der Waals surface area contributed by atoms with Crippen molar-refractivity contribution in [1.82, 2.24) is 0 Å². The zero-order valence-corrected chi connectivity index (χ0v) is 9.72. The number of ether oxygens (including phenoxy) is 1. The van der Waals surface area contributed by atoms with E-state index in [0.29, 0.717) is 5.56 Å². The third-order valence-corrected chi connectivity index (χ3v) is 2.41. The molecule has 4 heteroatoms. The number of carbonyl (C=O) groups is 1. The molecule has 0 heterocycles. The molecule has 0 spiro atoms. The van der Waals surface area contributed by atoms with Gasteiger partial charge in [-0.1, -0.05) is 0 Å². The molecule has 0 fully saturated rings. The first-order chi connectivity index (χ1) is 6.69. The fourth-order valence-corrected chi connectivity index (χ4v) is 1.61. The highest BCUT2D eigenvalue weighted by Gasteiger charge is 2.07. The molecule has 76 valence electrons. The fraction of sp³-hybridized carbons (Fsp3) is 0.300. The number of nitrogens with one attached hydrogen (secondary N) is 1. The smallest absolute Gasteiger partial charge is 0.337 e. The summed E-state index contributed by atoms with van der Waals surface area (Å²) in [5, 5.41) is 3.16. The first-order valence-electron chi connectivity index (χ1n) is 4.30. The van der Waals surface area contributed by atoms with Crippen molar-refractivity contribution >= 4 is 27.6 Å². The Morgan fingerprint density at radius 1 is 1.57 bits per heavy atom. The molecule has 0 aliphatic carbocycles. The summed E-state index contributed by atoms with van der Waals surface area (Å²) >= 11 is 3.38. The third kappa shape index (κ3) is 2.48. The highest BCUT2D eigenvalue weighted by atomic mass is 79.9. The lowest BCUT2D eigenvalue weighted by Crippen LogP contribution is -2.03. The molecular formula is C10H12BrNO2. The van der Waals surface area contributed by atoms with Crippen molar-refractivity contribution in [3.05, 3.63) is 28.2 Å². The molecule has 0 saturated heterocycles. The second kappa shape index (κ2) is 5.00. The molecule has 0 atom stereocenters. The summed E-state index contributed by atoms with van der Waals surface area (Å²) in [4.78, 5) is 11.2. The van der Waals surface area contributed by atoms with E-state index in [4.69, 9.17) is 0 Å². The van der Waals surface area contributed by atoms with Gasteiger partial charge in [0.2, 0.25) is 0 Å². The van der Waals surface area contributed by atoms with Gasteiger partial charge in [0, 0.05) is 16.7 Å². The molecule has 0 radical (unpaired) electrons. The number of halogens is 1. The van der Waals surface area contributed by atoms with Crippen molar-refractivity contribution in [2.24, 2.45) is 0 Å². The maximum Gasteiger partial charge on any atom is 0.337 e. The van der Waals surface area contributed by atoms with Gasteiger partial charge in [0.25, 0.3) is 0 Å². The van der Waals surface area contributed by atoms with Gasteiger partial charge in [-0.05, 0) is 41.1 Å². The Labute approximate surface area is 91.6 Å². The second-order valence-corrected chi connectivity index (χ2v) is 3.57. The molecular weight excluding hydrogens is 246 g/mol. The van der Waals surface area contributed by atoms with Crippen molar-refractivity contribution < 1.29 is 9.53 Å². The van der Waals surface area contributed by atoms with Crippen molar-refractivity contribution in [3.8, 4) is 0 Å². The molecule has 0 aliphatic heterocycles. The van der Waals surface area contributed by atoms with Gasteiger partial charge < -0.3 is 10.1 Å². The van der Waals surface area contributed by atoms with Crippen LogP contribution in [0.5, 0.6) is 0 Å². The van der Waals surface area contributed by atoms with Crippen LogP contribution < -0.4 is 5.32 Å². The molecule has 3 nitrogen and oxygen atoms in total. The molecule has 0 bridgehead atoms. The van der Waals surface area contributed by atoms with Gasteiger partial charge in [-0.25, -0.2) is 4.79 Å². The van der Waals surface area contributed by atoms with Crippen LogP contribution in [0.4, 0.5) is 5.69 Å². The van der Waals surface area contributed by atoms with Crippen molar-refractivity contribution in [2.75, 3.05) is 19.0 Å². The molecule has 0 unspecified atom stereocenters. The Bertz CT molecular complexity index is 339. The van der Waals surface area contributed by atoms with Crippen LogP contribution in [-0.4, -0.2) is 19.6 Å². The molecule has 0 aromatic heterocycles. The number of rotatable bonds is 3. The topological polar surface area (TPSA) is 38.3 Å². The van der Waals surface area contributed by atoms with Gasteiger partial charge in [-0.15, -0.1) is 0 Å². The van der Waals surface area contributed by atoms with Gasteiger partial charge in [-0.2, -0.15) is 0 Å². The first-order valence-corrected chi connectivity index (χ1v) is 5.10. The van der Waals surface area contributed by atoms with Gasteiger partial charge in [-0.3, -0.25) is 0 Å². The number of anilines is 1. The van der Waals surface area contributed by atoms with Crippen LogP contribution in [-0.2, 0) is 4.74 Å². The summed E-state index contributed by atoms with van der Waals surface area (Å²) in [6.45, 7) is 2.86. The summed E-state index contributed by atoms with van der Waals surface area (Å²) in [6.07, 6.45) is 0. The minimum Gasteiger partial charge on any atom is -0.465 e. The molecule has 0 amide bonds. The highest BCUT2D eigenvalue weighted by Crippen LogP contribution is 2.23. The number of methoxy groups -OCH3 is 1. The molecule has 14 heavy (non-hydrogen) atoms. The van der Waals surface area contributed by atoms with Gasteiger partial charge >= 0.3 is 5.97 Å². The Balaban J connectivity index is 2.94. The van der Waals surface area contributed by atoms with E-state index >= 15 is 0 Å². The predicted octanol–water partition coefficient (Wildman–Crippen LogP) is 2.67. The van der Waals surface area contributed by atoms with E-state index in [0.717, 1.165) is 16.7 Å². The number of esters is 1. The zero-order chi connectivity index (χ0) is 10.6. The van der Waals surface area contributed by atoms with Crippen molar-refractivity contribution in [2.45, 2.75) is 6.92 Å². The van der Waals surface area contributed by atoms with Crippen LogP contribution in [0.3, 0.4) is 0 Å². The van der Waals surface area contributed by atoms with Gasteiger partial charge in [0.15, 0.2) is 0 Å². The second-order valence-electron chi connectivity index (χ2n) is 2.72. The number of hydrogen-bond acceptors (Lipinski definition) is 3. The molecule has 1 N–H and O–H groups in total. The van der Waals surface area contributed by atoms with E-state index in [1.54, 1.807) is 12.1 Å². The van der Waals surface area contributed by atoms with E-state index < -0.39 is 0 Å². The van der Waals surface area contributed by atoms with Crippen LogP contribution in [0.2, 0.25) is 0 Å². The summed E-state index contributed by atoms with van der Waals surface area (Å²) in [7, 11) is 1.37. The predicted molar refractivity (Wildman–Crippen MR) is 59.6 cm³/mol. The van der Waals surface area contributed by atoms with Crippen LogP contribution in [0.1, 0.15) is 17.3 Å². The average Bonchev–Trinajstić information content (AvgIpc) is 2.20. The van der Waals surface area contributed by atoms with Crippen LogP contribution >= 0.6 is 15.9 Å². The molecule has 1 rings (SSSR count). The Kier molecular flexibility index (Phi) is 3.95. The number of carbonyl (C=O) groups excluding carboxylic acids is 1. The van der Waals surface area contributed by atoms with E-state index in [9.17, 15) is 4.79 Å². The standard InChI is InChI=1S/C10H12BrNO2/c1-3-12-9-5-4-7(6-8(9)11)10(13)14-2/h4-6,12H,3H2,1-2H3. The number of benzene rings is 1.